The zero-order valence-corrected chi connectivity index (χ0v) is 15.4. The Hall–Kier alpha value is -2.06. The Morgan fingerprint density at radius 3 is 2.67 bits per heavy atom. The van der Waals surface area contributed by atoms with Gasteiger partial charge in [0.15, 0.2) is 0 Å². The van der Waals surface area contributed by atoms with E-state index in [1.54, 1.807) is 10.1 Å². The van der Waals surface area contributed by atoms with Crippen LogP contribution in [0.4, 0.5) is 0 Å². The number of nitrogens with zero attached hydrogens (tertiary/aromatic N) is 4. The minimum atomic E-state index is -3.55. The fourth-order valence-electron chi connectivity index (χ4n) is 2.56. The number of thiazole rings is 1. The van der Waals surface area contributed by atoms with Crippen molar-refractivity contribution in [3.05, 3.63) is 51.7 Å². The molecule has 0 radical (unpaired) electrons. The molecule has 0 unspecified atom stereocenters. The molecular weight excluding hydrogens is 344 g/mol. The van der Waals surface area contributed by atoms with Crippen molar-refractivity contribution in [3.63, 3.8) is 0 Å². The van der Waals surface area contributed by atoms with Crippen molar-refractivity contribution in [2.24, 2.45) is 0 Å². The summed E-state index contributed by atoms with van der Waals surface area (Å²) in [6.45, 7) is 5.83. The lowest BCUT2D eigenvalue weighted by molar-refractivity contribution is 0.582. The van der Waals surface area contributed by atoms with Gasteiger partial charge in [-0.15, -0.1) is 21.5 Å². The molecule has 2 heterocycles. The molecule has 0 spiro atoms. The molecule has 3 rings (SSSR count). The summed E-state index contributed by atoms with van der Waals surface area (Å²) in [4.78, 5) is 5.14. The first-order valence-corrected chi connectivity index (χ1v) is 10.0. The van der Waals surface area contributed by atoms with Crippen LogP contribution < -0.4 is 0 Å². The van der Waals surface area contributed by atoms with E-state index in [0.29, 0.717) is 6.42 Å². The van der Waals surface area contributed by atoms with E-state index in [-0.39, 0.29) is 10.9 Å². The molecule has 24 heavy (non-hydrogen) atoms. The zero-order chi connectivity index (χ0) is 17.3. The second kappa shape index (κ2) is 6.45. The van der Waals surface area contributed by atoms with Crippen molar-refractivity contribution >= 4 is 21.2 Å². The molecule has 8 heteroatoms. The van der Waals surface area contributed by atoms with Crippen LogP contribution in [0.25, 0.3) is 5.69 Å². The first kappa shape index (κ1) is 16.8. The average molecular weight is 362 g/mol. The predicted octanol–water partition coefficient (Wildman–Crippen LogP) is 2.67. The molecule has 1 aromatic carbocycles. The number of hydrogen-bond acceptors (Lipinski definition) is 6. The van der Waals surface area contributed by atoms with E-state index < -0.39 is 9.84 Å². The first-order chi connectivity index (χ1) is 11.4. The lowest BCUT2D eigenvalue weighted by Crippen LogP contribution is -2.15. The normalized spacial score (nSPS) is 11.8. The largest absolute Gasteiger partial charge is 0.272 e. The van der Waals surface area contributed by atoms with E-state index in [0.717, 1.165) is 27.4 Å². The fraction of sp³-hybridized carbons (Fsp3) is 0.312. The Balaban J connectivity index is 1.92. The lowest BCUT2D eigenvalue weighted by atomic mass is 10.1. The van der Waals surface area contributed by atoms with Crippen molar-refractivity contribution in [2.45, 2.75) is 32.3 Å². The maximum atomic E-state index is 12.7. The van der Waals surface area contributed by atoms with E-state index >= 15 is 0 Å². The SMILES string of the molecule is Cc1ccc(-n2cnnc2S(=O)(=O)CCc2scnc2C)c(C)c1. The van der Waals surface area contributed by atoms with E-state index in [1.165, 1.54) is 17.7 Å². The second-order valence-electron chi connectivity index (χ2n) is 5.70. The third-order valence-corrected chi connectivity index (χ3v) is 6.42. The third kappa shape index (κ3) is 3.25. The van der Waals surface area contributed by atoms with Crippen LogP contribution in [0.5, 0.6) is 0 Å². The molecule has 3 aromatic rings. The Kier molecular flexibility index (Phi) is 4.51. The number of aromatic nitrogens is 4. The number of hydrogen-bond donors (Lipinski definition) is 0. The van der Waals surface area contributed by atoms with E-state index in [2.05, 4.69) is 15.2 Å². The standard InChI is InChI=1S/C16H18N4O2S2/c1-11-4-5-14(12(2)8-11)20-9-18-19-16(20)24(21,22)7-6-15-13(3)17-10-23-15/h4-5,8-10H,6-7H2,1-3H3. The molecule has 0 aliphatic rings. The van der Waals surface area contributed by atoms with Gasteiger partial charge in [-0.05, 0) is 38.8 Å². The monoisotopic (exact) mass is 362 g/mol. The second-order valence-corrected chi connectivity index (χ2v) is 8.65. The molecule has 126 valence electrons. The number of sulfone groups is 1. The maximum Gasteiger partial charge on any atom is 0.254 e. The van der Waals surface area contributed by atoms with Crippen LogP contribution in [-0.4, -0.2) is 33.9 Å². The Labute approximate surface area is 145 Å². The van der Waals surface area contributed by atoms with Crippen LogP contribution >= 0.6 is 11.3 Å². The molecule has 0 aliphatic heterocycles. The summed E-state index contributed by atoms with van der Waals surface area (Å²) in [6.07, 6.45) is 1.88. The smallest absolute Gasteiger partial charge is 0.254 e. The van der Waals surface area contributed by atoms with Gasteiger partial charge in [-0.1, -0.05) is 17.7 Å². The minimum absolute atomic E-state index is 0.0143. The predicted molar refractivity (Wildman–Crippen MR) is 93.4 cm³/mol. The van der Waals surface area contributed by atoms with Crippen LogP contribution in [0.3, 0.4) is 0 Å². The van der Waals surface area contributed by atoms with E-state index in [9.17, 15) is 8.42 Å². The van der Waals surface area contributed by atoms with Gasteiger partial charge in [0.1, 0.15) is 6.33 Å². The van der Waals surface area contributed by atoms with Gasteiger partial charge < -0.3 is 0 Å². The first-order valence-electron chi connectivity index (χ1n) is 7.48. The Morgan fingerprint density at radius 1 is 1.21 bits per heavy atom. The molecule has 2 aromatic heterocycles. The topological polar surface area (TPSA) is 77.7 Å². The molecule has 6 nitrogen and oxygen atoms in total. The van der Waals surface area contributed by atoms with Crippen molar-refractivity contribution in [3.8, 4) is 5.69 Å². The van der Waals surface area contributed by atoms with Crippen molar-refractivity contribution in [1.82, 2.24) is 19.7 Å². The van der Waals surface area contributed by atoms with E-state index in [4.69, 9.17) is 0 Å². The van der Waals surface area contributed by atoms with Crippen LogP contribution in [0, 0.1) is 20.8 Å². The van der Waals surface area contributed by atoms with Crippen molar-refractivity contribution < 1.29 is 8.42 Å². The molecule has 0 fully saturated rings. The third-order valence-electron chi connectivity index (χ3n) is 3.85. The highest BCUT2D eigenvalue weighted by Gasteiger charge is 2.23. The zero-order valence-electron chi connectivity index (χ0n) is 13.7. The highest BCUT2D eigenvalue weighted by Crippen LogP contribution is 2.21. The minimum Gasteiger partial charge on any atom is -0.272 e. The quantitative estimate of drug-likeness (QED) is 0.697. The Morgan fingerprint density at radius 2 is 2.00 bits per heavy atom. The van der Waals surface area contributed by atoms with Gasteiger partial charge in [-0.25, -0.2) is 13.4 Å². The van der Waals surface area contributed by atoms with Gasteiger partial charge in [-0.3, -0.25) is 4.57 Å². The number of rotatable bonds is 5. The highest BCUT2D eigenvalue weighted by molar-refractivity contribution is 7.91. The summed E-state index contributed by atoms with van der Waals surface area (Å²) in [5.74, 6) is -0.0143. The van der Waals surface area contributed by atoms with Gasteiger partial charge in [0, 0.05) is 4.88 Å². The summed E-state index contributed by atoms with van der Waals surface area (Å²) in [5, 5.41) is 7.66. The summed E-state index contributed by atoms with van der Waals surface area (Å²) >= 11 is 1.47. The van der Waals surface area contributed by atoms with E-state index in [1.807, 2.05) is 39.0 Å². The fourth-order valence-corrected chi connectivity index (χ4v) is 4.74. The van der Waals surface area contributed by atoms with Gasteiger partial charge in [0.25, 0.3) is 5.16 Å². The molecule has 0 saturated heterocycles. The van der Waals surface area contributed by atoms with Crippen LogP contribution in [0.1, 0.15) is 21.7 Å². The molecule has 0 amide bonds. The summed E-state index contributed by atoms with van der Waals surface area (Å²) in [6, 6.07) is 5.84. The molecule has 0 saturated carbocycles. The summed E-state index contributed by atoms with van der Waals surface area (Å²) in [7, 11) is -3.55. The van der Waals surface area contributed by atoms with Gasteiger partial charge in [0.2, 0.25) is 9.84 Å². The van der Waals surface area contributed by atoms with Gasteiger partial charge in [0.05, 0.1) is 22.6 Å². The average Bonchev–Trinajstić information content (AvgIpc) is 3.14. The summed E-state index contributed by atoms with van der Waals surface area (Å²) in [5.41, 5.74) is 5.48. The number of aryl methyl sites for hydroxylation is 4. The highest BCUT2D eigenvalue weighted by atomic mass is 32.2. The molecule has 0 N–H and O–H groups in total. The lowest BCUT2D eigenvalue weighted by Gasteiger charge is -2.10. The molecular formula is C16H18N4O2S2. The van der Waals surface area contributed by atoms with Gasteiger partial charge in [-0.2, -0.15) is 0 Å². The molecule has 0 atom stereocenters. The molecule has 0 aliphatic carbocycles. The number of benzene rings is 1. The van der Waals surface area contributed by atoms with Crippen LogP contribution in [-0.2, 0) is 16.3 Å². The van der Waals surface area contributed by atoms with Crippen LogP contribution in [0.15, 0.2) is 35.2 Å². The van der Waals surface area contributed by atoms with Crippen molar-refractivity contribution in [1.29, 1.82) is 0 Å². The van der Waals surface area contributed by atoms with Crippen LogP contribution in [0.2, 0.25) is 0 Å². The Bertz CT molecular complexity index is 974. The molecule has 0 bridgehead atoms. The maximum absolute atomic E-state index is 12.7. The van der Waals surface area contributed by atoms with Gasteiger partial charge >= 0.3 is 0 Å². The van der Waals surface area contributed by atoms with Crippen molar-refractivity contribution in [2.75, 3.05) is 5.75 Å². The summed E-state index contributed by atoms with van der Waals surface area (Å²) < 4.78 is 27.0.